The zero-order chi connectivity index (χ0) is 7.28. The Labute approximate surface area is 54.5 Å². The maximum Gasteiger partial charge on any atom is 0.344 e. The fourth-order valence-corrected chi connectivity index (χ4v) is 0.323. The number of carbonyl (C=O) groups is 1. The second kappa shape index (κ2) is 3.73. The molecule has 0 amide bonds. The molecule has 2 nitrogen and oxygen atoms in total. The summed E-state index contributed by atoms with van der Waals surface area (Å²) in [6, 6.07) is 0. The number of rotatable bonds is 1. The summed E-state index contributed by atoms with van der Waals surface area (Å²) in [6.07, 6.45) is 7.79. The Morgan fingerprint density at radius 2 is 2.22 bits per heavy atom. The largest absolute Gasteiger partial charge is 0.369 e. The number of terminal acetylenes is 1. The molecule has 0 radical (unpaired) electrons. The molecule has 0 aliphatic carbocycles. The molecule has 0 unspecified atom stereocenters. The molecule has 9 heavy (non-hydrogen) atoms. The lowest BCUT2D eigenvalue weighted by Crippen LogP contribution is -1.93. The standard InChI is InChI=1S/C7H8O2/c1-4-9-7(8)5-6(2)3/h1,5H,2-3H3. The van der Waals surface area contributed by atoms with Crippen molar-refractivity contribution in [1.29, 1.82) is 0 Å². The molecule has 0 heterocycles. The van der Waals surface area contributed by atoms with E-state index in [1.807, 2.05) is 0 Å². The lowest BCUT2D eigenvalue weighted by Gasteiger charge is -1.87. The van der Waals surface area contributed by atoms with Gasteiger partial charge in [-0.05, 0) is 13.8 Å². The maximum atomic E-state index is 10.4. The molecule has 0 aromatic carbocycles. The molecule has 0 saturated heterocycles. The molecule has 0 spiro atoms. The third-order valence-electron chi connectivity index (χ3n) is 0.566. The van der Waals surface area contributed by atoms with E-state index in [1.54, 1.807) is 20.0 Å². The van der Waals surface area contributed by atoms with Crippen LogP contribution in [0.3, 0.4) is 0 Å². The van der Waals surface area contributed by atoms with Crippen LogP contribution < -0.4 is 0 Å². The van der Waals surface area contributed by atoms with Crippen molar-refractivity contribution in [3.05, 3.63) is 11.6 Å². The van der Waals surface area contributed by atoms with Crippen LogP contribution in [-0.2, 0) is 9.53 Å². The van der Waals surface area contributed by atoms with Gasteiger partial charge in [-0.15, -0.1) is 0 Å². The third kappa shape index (κ3) is 4.63. The SMILES string of the molecule is C#COC(=O)C=C(C)C. The molecule has 0 aromatic rings. The first-order chi connectivity index (χ1) is 4.16. The predicted octanol–water partition coefficient (Wildman–Crippen LogP) is 1.09. The van der Waals surface area contributed by atoms with Crippen molar-refractivity contribution in [3.63, 3.8) is 0 Å². The summed E-state index contributed by atoms with van der Waals surface area (Å²) in [7, 11) is 0. The van der Waals surface area contributed by atoms with Crippen LogP contribution in [-0.4, -0.2) is 5.97 Å². The van der Waals surface area contributed by atoms with E-state index in [4.69, 9.17) is 0 Å². The zero-order valence-electron chi connectivity index (χ0n) is 5.47. The van der Waals surface area contributed by atoms with Crippen LogP contribution >= 0.6 is 0 Å². The molecule has 0 aliphatic heterocycles. The minimum absolute atomic E-state index is 0.488. The van der Waals surface area contributed by atoms with Gasteiger partial charge in [0.1, 0.15) is 6.11 Å². The summed E-state index contributed by atoms with van der Waals surface area (Å²) in [6.45, 7) is 3.58. The van der Waals surface area contributed by atoms with Gasteiger partial charge in [0.05, 0.1) is 0 Å². The second-order valence-electron chi connectivity index (χ2n) is 1.76. The van der Waals surface area contributed by atoms with Crippen molar-refractivity contribution in [1.82, 2.24) is 0 Å². The van der Waals surface area contributed by atoms with Gasteiger partial charge >= 0.3 is 5.97 Å². The molecule has 0 aliphatic rings. The van der Waals surface area contributed by atoms with Crippen LogP contribution in [0, 0.1) is 12.5 Å². The van der Waals surface area contributed by atoms with Crippen molar-refractivity contribution in [2.24, 2.45) is 0 Å². The van der Waals surface area contributed by atoms with Gasteiger partial charge in [-0.2, -0.15) is 0 Å². The van der Waals surface area contributed by atoms with Gasteiger partial charge < -0.3 is 4.74 Å². The Kier molecular flexibility index (Phi) is 3.22. The van der Waals surface area contributed by atoms with Gasteiger partial charge in [0, 0.05) is 6.08 Å². The topological polar surface area (TPSA) is 26.3 Å². The Bertz CT molecular complexity index is 168. The van der Waals surface area contributed by atoms with Crippen molar-refractivity contribution in [3.8, 4) is 12.5 Å². The summed E-state index contributed by atoms with van der Waals surface area (Å²) in [5.41, 5.74) is 0.871. The first-order valence-corrected chi connectivity index (χ1v) is 2.48. The van der Waals surface area contributed by atoms with Gasteiger partial charge in [0.2, 0.25) is 0 Å². The van der Waals surface area contributed by atoms with E-state index in [1.165, 1.54) is 6.08 Å². The number of allylic oxidation sites excluding steroid dienone is 1. The first kappa shape index (κ1) is 7.77. The highest BCUT2D eigenvalue weighted by atomic mass is 16.5. The van der Waals surface area contributed by atoms with E-state index in [0.717, 1.165) is 5.57 Å². The monoisotopic (exact) mass is 124 g/mol. The smallest absolute Gasteiger partial charge is 0.344 e. The van der Waals surface area contributed by atoms with Crippen LogP contribution in [0.15, 0.2) is 11.6 Å². The fourth-order valence-electron chi connectivity index (χ4n) is 0.323. The number of esters is 1. The molecule has 0 aromatic heterocycles. The maximum absolute atomic E-state index is 10.4. The van der Waals surface area contributed by atoms with Crippen molar-refractivity contribution in [2.45, 2.75) is 13.8 Å². The van der Waals surface area contributed by atoms with Crippen LogP contribution in [0.5, 0.6) is 0 Å². The highest BCUT2D eigenvalue weighted by molar-refractivity contribution is 5.83. The molecule has 0 fully saturated rings. The Hall–Kier alpha value is -1.23. The minimum Gasteiger partial charge on any atom is -0.369 e. The van der Waals surface area contributed by atoms with E-state index in [2.05, 4.69) is 11.2 Å². The van der Waals surface area contributed by atoms with Crippen molar-refractivity contribution >= 4 is 5.97 Å². The average molecular weight is 124 g/mol. The first-order valence-electron chi connectivity index (χ1n) is 2.48. The van der Waals surface area contributed by atoms with Gasteiger partial charge in [0.15, 0.2) is 0 Å². The molecule has 48 valence electrons. The van der Waals surface area contributed by atoms with E-state index >= 15 is 0 Å². The predicted molar refractivity (Wildman–Crippen MR) is 34.4 cm³/mol. The molecular formula is C7H8O2. The lowest BCUT2D eigenvalue weighted by molar-refractivity contribution is -0.131. The van der Waals surface area contributed by atoms with Gasteiger partial charge in [0.25, 0.3) is 0 Å². The van der Waals surface area contributed by atoms with Crippen LogP contribution in [0.4, 0.5) is 0 Å². The molecule has 0 atom stereocenters. The normalized spacial score (nSPS) is 7.22. The Morgan fingerprint density at radius 1 is 1.67 bits per heavy atom. The molecule has 0 rings (SSSR count). The second-order valence-corrected chi connectivity index (χ2v) is 1.76. The molecular weight excluding hydrogens is 116 g/mol. The number of ether oxygens (including phenoxy) is 1. The van der Waals surface area contributed by atoms with Crippen molar-refractivity contribution in [2.75, 3.05) is 0 Å². The quantitative estimate of drug-likeness (QED) is 0.297. The molecule has 2 heteroatoms. The van der Waals surface area contributed by atoms with Crippen LogP contribution in [0.2, 0.25) is 0 Å². The van der Waals surface area contributed by atoms with E-state index in [0.29, 0.717) is 0 Å². The summed E-state index contributed by atoms with van der Waals surface area (Å²) in [4.78, 5) is 10.4. The van der Waals surface area contributed by atoms with Gasteiger partial charge in [-0.1, -0.05) is 12.0 Å². The highest BCUT2D eigenvalue weighted by Gasteiger charge is 1.91. The minimum atomic E-state index is -0.488. The Morgan fingerprint density at radius 3 is 2.56 bits per heavy atom. The summed E-state index contributed by atoms with van der Waals surface area (Å²) in [5.74, 6) is -0.488. The highest BCUT2D eigenvalue weighted by Crippen LogP contribution is 1.88. The van der Waals surface area contributed by atoms with E-state index in [-0.39, 0.29) is 0 Å². The number of carbonyl (C=O) groups excluding carboxylic acids is 1. The third-order valence-corrected chi connectivity index (χ3v) is 0.566. The summed E-state index contributed by atoms with van der Waals surface area (Å²) < 4.78 is 4.17. The summed E-state index contributed by atoms with van der Waals surface area (Å²) >= 11 is 0. The zero-order valence-corrected chi connectivity index (χ0v) is 5.47. The van der Waals surface area contributed by atoms with Gasteiger partial charge in [-0.25, -0.2) is 4.79 Å². The van der Waals surface area contributed by atoms with Crippen LogP contribution in [0.25, 0.3) is 0 Å². The molecule has 0 saturated carbocycles. The van der Waals surface area contributed by atoms with Crippen molar-refractivity contribution < 1.29 is 9.53 Å². The molecule has 0 bridgehead atoms. The van der Waals surface area contributed by atoms with E-state index in [9.17, 15) is 4.79 Å². The van der Waals surface area contributed by atoms with Crippen LogP contribution in [0.1, 0.15) is 13.8 Å². The fraction of sp³-hybridized carbons (Fsp3) is 0.286. The summed E-state index contributed by atoms with van der Waals surface area (Å²) in [5, 5.41) is 0. The number of hydrogen-bond acceptors (Lipinski definition) is 2. The average Bonchev–Trinajstić information content (AvgIpc) is 1.63. The molecule has 0 N–H and O–H groups in total. The number of hydrogen-bond donors (Lipinski definition) is 0. The Balaban J connectivity index is 3.81. The van der Waals surface area contributed by atoms with Gasteiger partial charge in [-0.3, -0.25) is 0 Å². The van der Waals surface area contributed by atoms with E-state index < -0.39 is 5.97 Å². The lowest BCUT2D eigenvalue weighted by atomic mass is 10.3.